The SMILES string of the molecule is Cc1cc(NCc2cccc(CO)c2)nc(C(C)C)n1. The minimum Gasteiger partial charge on any atom is -0.392 e. The molecule has 0 aliphatic carbocycles. The van der Waals surface area contributed by atoms with Crippen LogP contribution in [0.5, 0.6) is 0 Å². The molecule has 2 aromatic rings. The third kappa shape index (κ3) is 3.78. The van der Waals surface area contributed by atoms with Crippen molar-refractivity contribution in [3.63, 3.8) is 0 Å². The maximum absolute atomic E-state index is 9.14. The van der Waals surface area contributed by atoms with Crippen LogP contribution < -0.4 is 5.32 Å². The number of hydrogen-bond acceptors (Lipinski definition) is 4. The fourth-order valence-corrected chi connectivity index (χ4v) is 1.97. The van der Waals surface area contributed by atoms with E-state index in [0.717, 1.165) is 28.5 Å². The van der Waals surface area contributed by atoms with Crippen molar-refractivity contribution in [2.75, 3.05) is 5.32 Å². The van der Waals surface area contributed by atoms with Crippen molar-refractivity contribution < 1.29 is 5.11 Å². The minimum absolute atomic E-state index is 0.0674. The first-order valence-corrected chi connectivity index (χ1v) is 6.86. The molecular weight excluding hydrogens is 250 g/mol. The summed E-state index contributed by atoms with van der Waals surface area (Å²) in [6, 6.07) is 9.83. The Hall–Kier alpha value is -1.94. The highest BCUT2D eigenvalue weighted by Gasteiger charge is 2.06. The van der Waals surface area contributed by atoms with Crippen LogP contribution in [0.15, 0.2) is 30.3 Å². The first-order chi connectivity index (χ1) is 9.58. The largest absolute Gasteiger partial charge is 0.392 e. The van der Waals surface area contributed by atoms with Crippen LogP contribution in [-0.4, -0.2) is 15.1 Å². The van der Waals surface area contributed by atoms with Gasteiger partial charge in [0.2, 0.25) is 0 Å². The van der Waals surface area contributed by atoms with Gasteiger partial charge in [-0.05, 0) is 18.1 Å². The molecule has 1 aromatic heterocycles. The normalized spacial score (nSPS) is 10.8. The molecule has 2 rings (SSSR count). The molecule has 0 saturated carbocycles. The molecule has 0 bridgehead atoms. The Morgan fingerprint density at radius 3 is 2.60 bits per heavy atom. The maximum atomic E-state index is 9.14. The van der Waals surface area contributed by atoms with Crippen LogP contribution in [0.2, 0.25) is 0 Å². The summed E-state index contributed by atoms with van der Waals surface area (Å²) in [5.41, 5.74) is 3.01. The van der Waals surface area contributed by atoms with E-state index in [0.29, 0.717) is 12.5 Å². The number of anilines is 1. The van der Waals surface area contributed by atoms with Crippen LogP contribution >= 0.6 is 0 Å². The topological polar surface area (TPSA) is 58.0 Å². The molecule has 4 nitrogen and oxygen atoms in total. The van der Waals surface area contributed by atoms with Gasteiger partial charge in [-0.15, -0.1) is 0 Å². The molecule has 0 atom stereocenters. The van der Waals surface area contributed by atoms with Crippen molar-refractivity contribution in [2.24, 2.45) is 0 Å². The van der Waals surface area contributed by atoms with Gasteiger partial charge in [0.15, 0.2) is 0 Å². The van der Waals surface area contributed by atoms with Crippen LogP contribution in [0.4, 0.5) is 5.82 Å². The number of aryl methyl sites for hydroxylation is 1. The highest BCUT2D eigenvalue weighted by molar-refractivity contribution is 5.37. The molecule has 0 aliphatic heterocycles. The monoisotopic (exact) mass is 271 g/mol. The molecule has 0 radical (unpaired) electrons. The Morgan fingerprint density at radius 1 is 1.15 bits per heavy atom. The Labute approximate surface area is 119 Å². The molecule has 0 unspecified atom stereocenters. The van der Waals surface area contributed by atoms with E-state index in [-0.39, 0.29) is 6.61 Å². The fraction of sp³-hybridized carbons (Fsp3) is 0.375. The zero-order valence-corrected chi connectivity index (χ0v) is 12.2. The van der Waals surface area contributed by atoms with Gasteiger partial charge in [-0.25, -0.2) is 9.97 Å². The molecule has 0 fully saturated rings. The van der Waals surface area contributed by atoms with E-state index in [1.165, 1.54) is 0 Å². The maximum Gasteiger partial charge on any atom is 0.133 e. The summed E-state index contributed by atoms with van der Waals surface area (Å²) in [5.74, 6) is 2.01. The average Bonchev–Trinajstić information content (AvgIpc) is 2.44. The van der Waals surface area contributed by atoms with E-state index in [1.807, 2.05) is 37.3 Å². The Morgan fingerprint density at radius 2 is 1.90 bits per heavy atom. The number of aliphatic hydroxyl groups is 1. The van der Waals surface area contributed by atoms with Gasteiger partial charge in [0.25, 0.3) is 0 Å². The van der Waals surface area contributed by atoms with Gasteiger partial charge >= 0.3 is 0 Å². The molecule has 0 spiro atoms. The molecule has 0 amide bonds. The molecule has 1 aromatic carbocycles. The highest BCUT2D eigenvalue weighted by Crippen LogP contribution is 2.14. The third-order valence-electron chi connectivity index (χ3n) is 3.04. The molecule has 4 heteroatoms. The van der Waals surface area contributed by atoms with E-state index in [4.69, 9.17) is 5.11 Å². The smallest absolute Gasteiger partial charge is 0.133 e. The zero-order chi connectivity index (χ0) is 14.5. The van der Waals surface area contributed by atoms with E-state index < -0.39 is 0 Å². The minimum atomic E-state index is 0.0674. The first-order valence-electron chi connectivity index (χ1n) is 6.86. The lowest BCUT2D eigenvalue weighted by Gasteiger charge is -2.10. The molecule has 1 heterocycles. The second-order valence-electron chi connectivity index (χ2n) is 5.24. The molecule has 0 saturated heterocycles. The number of nitrogens with zero attached hydrogens (tertiary/aromatic N) is 2. The van der Waals surface area contributed by atoms with Crippen LogP contribution in [0.1, 0.15) is 42.4 Å². The Kier molecular flexibility index (Phi) is 4.69. The molecule has 106 valence electrons. The molecule has 0 aliphatic rings. The summed E-state index contributed by atoms with van der Waals surface area (Å²) in [4.78, 5) is 8.95. The van der Waals surface area contributed by atoms with Crippen molar-refractivity contribution >= 4 is 5.82 Å². The van der Waals surface area contributed by atoms with E-state index in [2.05, 4.69) is 29.1 Å². The number of aromatic nitrogens is 2. The Bertz CT molecular complexity index is 582. The molecular formula is C16H21N3O. The second kappa shape index (κ2) is 6.48. The number of benzene rings is 1. The van der Waals surface area contributed by atoms with Crippen molar-refractivity contribution in [1.82, 2.24) is 9.97 Å². The summed E-state index contributed by atoms with van der Waals surface area (Å²) in [7, 11) is 0. The highest BCUT2D eigenvalue weighted by atomic mass is 16.3. The lowest BCUT2D eigenvalue weighted by atomic mass is 10.1. The van der Waals surface area contributed by atoms with Crippen LogP contribution in [0, 0.1) is 6.92 Å². The molecule has 20 heavy (non-hydrogen) atoms. The summed E-state index contributed by atoms with van der Waals surface area (Å²) >= 11 is 0. The van der Waals surface area contributed by atoms with Crippen molar-refractivity contribution in [3.8, 4) is 0 Å². The summed E-state index contributed by atoms with van der Waals surface area (Å²) in [6.45, 7) is 6.90. The van der Waals surface area contributed by atoms with Crippen molar-refractivity contribution in [1.29, 1.82) is 0 Å². The fourth-order valence-electron chi connectivity index (χ4n) is 1.97. The van der Waals surface area contributed by atoms with Crippen molar-refractivity contribution in [3.05, 3.63) is 53.0 Å². The Balaban J connectivity index is 2.10. The van der Waals surface area contributed by atoms with Gasteiger partial charge in [-0.3, -0.25) is 0 Å². The number of nitrogens with one attached hydrogen (secondary N) is 1. The van der Waals surface area contributed by atoms with Gasteiger partial charge in [0.05, 0.1) is 6.61 Å². The zero-order valence-electron chi connectivity index (χ0n) is 12.2. The lowest BCUT2D eigenvalue weighted by Crippen LogP contribution is -2.06. The predicted octanol–water partition coefficient (Wildman–Crippen LogP) is 3.01. The number of rotatable bonds is 5. The van der Waals surface area contributed by atoms with E-state index >= 15 is 0 Å². The van der Waals surface area contributed by atoms with Crippen LogP contribution in [0.25, 0.3) is 0 Å². The predicted molar refractivity (Wildman–Crippen MR) is 80.5 cm³/mol. The second-order valence-corrected chi connectivity index (χ2v) is 5.24. The number of hydrogen-bond donors (Lipinski definition) is 2. The lowest BCUT2D eigenvalue weighted by molar-refractivity contribution is 0.281. The van der Waals surface area contributed by atoms with Gasteiger partial charge in [-0.2, -0.15) is 0 Å². The summed E-state index contributed by atoms with van der Waals surface area (Å²) < 4.78 is 0. The van der Waals surface area contributed by atoms with E-state index in [9.17, 15) is 0 Å². The van der Waals surface area contributed by atoms with Gasteiger partial charge in [0.1, 0.15) is 11.6 Å². The standard InChI is InChI=1S/C16H21N3O/c1-11(2)16-18-12(3)7-15(19-16)17-9-13-5-4-6-14(8-13)10-20/h4-8,11,20H,9-10H2,1-3H3,(H,17,18,19). The van der Waals surface area contributed by atoms with Gasteiger partial charge in [0, 0.05) is 24.2 Å². The first kappa shape index (κ1) is 14.5. The summed E-state index contributed by atoms with van der Waals surface area (Å²) in [5, 5.41) is 12.5. The van der Waals surface area contributed by atoms with E-state index in [1.54, 1.807) is 0 Å². The van der Waals surface area contributed by atoms with Crippen molar-refractivity contribution in [2.45, 2.75) is 39.8 Å². The average molecular weight is 271 g/mol. The van der Waals surface area contributed by atoms with Crippen LogP contribution in [-0.2, 0) is 13.2 Å². The number of aliphatic hydroxyl groups excluding tert-OH is 1. The molecule has 2 N–H and O–H groups in total. The van der Waals surface area contributed by atoms with Gasteiger partial charge in [-0.1, -0.05) is 38.1 Å². The van der Waals surface area contributed by atoms with Gasteiger partial charge < -0.3 is 10.4 Å². The van der Waals surface area contributed by atoms with Crippen LogP contribution in [0.3, 0.4) is 0 Å². The quantitative estimate of drug-likeness (QED) is 0.877. The third-order valence-corrected chi connectivity index (χ3v) is 3.04. The summed E-state index contributed by atoms with van der Waals surface area (Å²) in [6.07, 6.45) is 0.